The summed E-state index contributed by atoms with van der Waals surface area (Å²) in [6, 6.07) is 0. The molecular weight excluding hydrogens is 198 g/mol. The first-order valence-corrected chi connectivity index (χ1v) is 0.997. The van der Waals surface area contributed by atoms with Crippen LogP contribution in [0.25, 0.3) is 0 Å². The Morgan fingerprint density at radius 1 is 1.57 bits per heavy atom. The van der Waals surface area contributed by atoms with E-state index in [9.17, 15) is 0 Å². The number of rotatable bonds is 0. The van der Waals surface area contributed by atoms with Gasteiger partial charge in [0.1, 0.15) is 0 Å². The number of carboxylic acid groups (broad SMARTS) is 1. The van der Waals surface area contributed by atoms with E-state index >= 15 is 0 Å². The zero-order chi connectivity index (χ0) is 5.15. The monoisotopic (exact) mass is 197 g/mol. The van der Waals surface area contributed by atoms with Crippen molar-refractivity contribution >= 4 is 6.09 Å². The van der Waals surface area contributed by atoms with Crippen LogP contribution in [0.1, 0.15) is 0 Å². The van der Waals surface area contributed by atoms with Gasteiger partial charge in [0.15, 0.2) is 0 Å². The Labute approximate surface area is 54.0 Å². The molecule has 6 heteroatoms. The smallest absolute Gasteiger partial charge is 0.486 e. The van der Waals surface area contributed by atoms with Gasteiger partial charge >= 0.3 is 28.5 Å². The third-order valence-corrected chi connectivity index (χ3v) is 0.149. The summed E-state index contributed by atoms with van der Waals surface area (Å²) in [4.78, 5) is 16.2. The van der Waals surface area contributed by atoms with Crippen LogP contribution in [-0.4, -0.2) is 11.0 Å². The van der Waals surface area contributed by atoms with Crippen molar-refractivity contribution in [2.45, 2.75) is 0 Å². The Morgan fingerprint density at radius 3 is 1.71 bits per heavy atom. The minimum atomic E-state index is -2.27. The molecule has 0 bridgehead atoms. The summed E-state index contributed by atoms with van der Waals surface area (Å²) in [6.07, 6.45) is -2.27. The first-order chi connectivity index (χ1) is 2.64. The summed E-state index contributed by atoms with van der Waals surface area (Å²) in [7, 11) is 0. The molecule has 0 aromatic heterocycles. The molecule has 0 aromatic rings. The fraction of sp³-hybridized carbons (Fsp3) is 0. The summed E-state index contributed by atoms with van der Waals surface area (Å²) in [6.45, 7) is 0. The van der Waals surface area contributed by atoms with Crippen molar-refractivity contribution < 1.29 is 37.2 Å². The second kappa shape index (κ2) is 3.79. The Balaban J connectivity index is 0. The van der Waals surface area contributed by atoms with Crippen molar-refractivity contribution in [3.63, 3.8) is 0 Å². The maximum atomic E-state index is 8.89. The number of hydrogen-bond donors (Lipinski definition) is 0. The van der Waals surface area contributed by atoms with Crippen molar-refractivity contribution in [2.75, 3.05) is 0 Å². The van der Waals surface area contributed by atoms with Crippen molar-refractivity contribution in [3.05, 3.63) is 10.1 Å². The molecule has 0 fully saturated rings. The van der Waals surface area contributed by atoms with Gasteiger partial charge in [-0.25, -0.2) is 0 Å². The normalized spacial score (nSPS) is 6.29. The van der Waals surface area contributed by atoms with Crippen molar-refractivity contribution in [2.24, 2.45) is 0 Å². The summed E-state index contributed by atoms with van der Waals surface area (Å²) in [5.74, 6) is 0. The molecule has 0 rings (SSSR count). The zero-order valence-electron chi connectivity index (χ0n) is 2.88. The molecule has 0 spiro atoms. The molecule has 0 saturated carbocycles. The van der Waals surface area contributed by atoms with E-state index < -0.39 is 11.0 Å². The Bertz CT molecular complexity index is 77.7. The van der Waals surface area contributed by atoms with Gasteiger partial charge < -0.3 is 9.90 Å². The van der Waals surface area contributed by atoms with Crippen LogP contribution < -0.4 is 5.11 Å². The topological polar surface area (TPSA) is 83.3 Å². The third kappa shape index (κ3) is 5.61. The second-order valence-electron chi connectivity index (χ2n) is 0.523. The van der Waals surface area contributed by atoms with E-state index in [4.69, 9.17) is 20.0 Å². The van der Waals surface area contributed by atoms with Gasteiger partial charge in [-0.1, -0.05) is 0 Å². The van der Waals surface area contributed by atoms with Crippen LogP contribution in [0.3, 0.4) is 0 Å². The number of hydrogen-bond acceptors (Lipinski definition) is 4. The molecule has 7 heavy (non-hydrogen) atoms. The number of amides is 1. The van der Waals surface area contributed by atoms with Crippen LogP contribution >= 0.6 is 0 Å². The molecule has 0 saturated heterocycles. The summed E-state index contributed by atoms with van der Waals surface area (Å²) >= 11 is 0. The first-order valence-electron chi connectivity index (χ1n) is 0.997. The molecule has 5 nitrogen and oxygen atoms in total. The molecule has 0 N–H and O–H groups in total. The van der Waals surface area contributed by atoms with Crippen LogP contribution in [0.4, 0.5) is 4.79 Å². The third-order valence-electron chi connectivity index (χ3n) is 0.149. The van der Waals surface area contributed by atoms with E-state index in [1.165, 1.54) is 0 Å². The molecule has 0 atom stereocenters. The van der Waals surface area contributed by atoms with E-state index in [0.717, 1.165) is 0 Å². The van der Waals surface area contributed by atoms with E-state index in [0.29, 0.717) is 0 Å². The number of nitrogens with zero attached hydrogens (tertiary/aromatic N) is 1. The standard InChI is InChI=1S/CHNO4.Ag/c3-1(4)2(5)6;/h(H,3,4);/q;+1/p-1. The predicted octanol–water partition coefficient (Wildman–Crippen LogP) is -1.40. The maximum Gasteiger partial charge on any atom is 1.00 e. The molecular formula is CAgNO4. The van der Waals surface area contributed by atoms with Gasteiger partial charge in [-0.05, 0) is 0 Å². The quantitative estimate of drug-likeness (QED) is 0.272. The predicted molar refractivity (Wildman–Crippen MR) is 12.4 cm³/mol. The summed E-state index contributed by atoms with van der Waals surface area (Å²) < 4.78 is 0. The SMILES string of the molecule is O=C([O-])[N+](=O)[O-].[Ag+]. The molecule has 0 aliphatic carbocycles. The summed E-state index contributed by atoms with van der Waals surface area (Å²) in [5.41, 5.74) is 0. The molecule has 0 aliphatic heterocycles. The molecule has 0 aromatic carbocycles. The van der Waals surface area contributed by atoms with Gasteiger partial charge in [0, 0.05) is 0 Å². The minimum Gasteiger partial charge on any atom is -0.486 e. The molecule has 0 heterocycles. The van der Waals surface area contributed by atoms with Crippen LogP contribution in [-0.2, 0) is 22.4 Å². The number of nitro groups is 1. The average Bonchev–Trinajstić information content (AvgIpc) is 1.36. The Kier molecular flexibility index (Phi) is 5.30. The van der Waals surface area contributed by atoms with Crippen LogP contribution in [0.15, 0.2) is 0 Å². The van der Waals surface area contributed by atoms with Gasteiger partial charge in [-0.15, -0.1) is 0 Å². The molecule has 0 radical (unpaired) electrons. The van der Waals surface area contributed by atoms with E-state index in [1.54, 1.807) is 0 Å². The van der Waals surface area contributed by atoms with Crippen LogP contribution in [0, 0.1) is 10.1 Å². The van der Waals surface area contributed by atoms with Gasteiger partial charge in [0.2, 0.25) is 0 Å². The molecule has 44 valence electrons. The number of carbonyl (C=O) groups excluding carboxylic acids is 1. The maximum absolute atomic E-state index is 8.89. The summed E-state index contributed by atoms with van der Waals surface area (Å²) in [5, 5.41) is 17.7. The molecule has 1 amide bonds. The fourth-order valence-corrected chi connectivity index (χ4v) is 0. The number of carbonyl (C=O) groups is 1. The zero-order valence-corrected chi connectivity index (χ0v) is 4.36. The molecule has 0 aliphatic rings. The van der Waals surface area contributed by atoms with Gasteiger partial charge in [-0.2, -0.15) is 0 Å². The Morgan fingerprint density at radius 2 is 1.71 bits per heavy atom. The van der Waals surface area contributed by atoms with Crippen LogP contribution in [0.5, 0.6) is 0 Å². The van der Waals surface area contributed by atoms with Crippen molar-refractivity contribution in [3.8, 4) is 0 Å². The molecule has 0 unspecified atom stereocenters. The van der Waals surface area contributed by atoms with Gasteiger partial charge in [0.05, 0.1) is 4.92 Å². The van der Waals surface area contributed by atoms with E-state index in [1.807, 2.05) is 0 Å². The van der Waals surface area contributed by atoms with E-state index in [-0.39, 0.29) is 22.4 Å². The van der Waals surface area contributed by atoms with Crippen molar-refractivity contribution in [1.29, 1.82) is 0 Å². The van der Waals surface area contributed by atoms with Gasteiger partial charge in [-0.3, -0.25) is 10.1 Å². The largest absolute Gasteiger partial charge is 1.00 e. The second-order valence-corrected chi connectivity index (χ2v) is 0.523. The van der Waals surface area contributed by atoms with Crippen LogP contribution in [0.2, 0.25) is 0 Å². The van der Waals surface area contributed by atoms with Crippen molar-refractivity contribution in [1.82, 2.24) is 0 Å². The van der Waals surface area contributed by atoms with E-state index in [2.05, 4.69) is 0 Å². The minimum absolute atomic E-state index is 0. The van der Waals surface area contributed by atoms with Gasteiger partial charge in [0.25, 0.3) is 0 Å². The average molecular weight is 198 g/mol. The Hall–Kier alpha value is -0.390. The first kappa shape index (κ1) is 9.79. The fourth-order valence-electron chi connectivity index (χ4n) is 0.